The molecule has 2 aromatic rings. The molecular formula is C12H8BrNS. The molecule has 0 spiro atoms. The van der Waals surface area contributed by atoms with Crippen LogP contribution in [0.3, 0.4) is 0 Å². The molecule has 15 heavy (non-hydrogen) atoms. The third-order valence-corrected chi connectivity index (χ3v) is 4.14. The summed E-state index contributed by atoms with van der Waals surface area (Å²) in [6, 6.07) is 10.6. The second-order valence-corrected chi connectivity index (χ2v) is 5.48. The number of aromatic nitrogens is 1. The highest BCUT2D eigenvalue weighted by atomic mass is 79.9. The van der Waals surface area contributed by atoms with Crippen molar-refractivity contribution in [2.45, 2.75) is 16.2 Å². The smallest absolute Gasteiger partial charge is 0.0586 e. The zero-order chi connectivity index (χ0) is 10.3. The van der Waals surface area contributed by atoms with Gasteiger partial charge in [0.1, 0.15) is 0 Å². The van der Waals surface area contributed by atoms with Crippen LogP contribution in [0.25, 0.3) is 0 Å². The van der Waals surface area contributed by atoms with E-state index in [0.29, 0.717) is 0 Å². The minimum Gasteiger partial charge on any atom is -0.260 e. The minimum atomic E-state index is 0.950. The summed E-state index contributed by atoms with van der Waals surface area (Å²) in [5.74, 6) is 0. The van der Waals surface area contributed by atoms with Gasteiger partial charge in [0.05, 0.1) is 5.69 Å². The minimum absolute atomic E-state index is 0.950. The van der Waals surface area contributed by atoms with Crippen molar-refractivity contribution in [1.29, 1.82) is 0 Å². The molecule has 74 valence electrons. The van der Waals surface area contributed by atoms with Crippen LogP contribution >= 0.6 is 27.7 Å². The van der Waals surface area contributed by atoms with Crippen LogP contribution in [-0.2, 0) is 6.42 Å². The van der Waals surface area contributed by atoms with E-state index in [2.05, 4.69) is 45.2 Å². The predicted molar refractivity (Wildman–Crippen MR) is 65.3 cm³/mol. The Labute approximate surface area is 101 Å². The molecule has 0 bridgehead atoms. The molecule has 0 aliphatic carbocycles. The van der Waals surface area contributed by atoms with Crippen LogP contribution in [0.5, 0.6) is 0 Å². The second-order valence-electron chi connectivity index (χ2n) is 3.48. The van der Waals surface area contributed by atoms with Gasteiger partial charge in [-0.25, -0.2) is 0 Å². The average Bonchev–Trinajstić information content (AvgIpc) is 2.26. The summed E-state index contributed by atoms with van der Waals surface area (Å²) in [5.41, 5.74) is 2.56. The van der Waals surface area contributed by atoms with E-state index in [9.17, 15) is 0 Å². The number of hydrogen-bond acceptors (Lipinski definition) is 2. The second kappa shape index (κ2) is 3.65. The third kappa shape index (κ3) is 1.70. The number of pyridine rings is 1. The van der Waals surface area contributed by atoms with E-state index in [4.69, 9.17) is 0 Å². The molecule has 1 nitrogen and oxygen atoms in total. The van der Waals surface area contributed by atoms with Gasteiger partial charge >= 0.3 is 0 Å². The maximum atomic E-state index is 4.41. The zero-order valence-corrected chi connectivity index (χ0v) is 10.3. The molecule has 0 fully saturated rings. The Balaban J connectivity index is 2.11. The zero-order valence-electron chi connectivity index (χ0n) is 7.90. The first-order valence-electron chi connectivity index (χ1n) is 4.73. The monoisotopic (exact) mass is 277 g/mol. The Hall–Kier alpha value is -0.800. The molecule has 0 N–H and O–H groups in total. The van der Waals surface area contributed by atoms with Gasteiger partial charge < -0.3 is 0 Å². The Kier molecular flexibility index (Phi) is 2.29. The first-order chi connectivity index (χ1) is 7.33. The Morgan fingerprint density at radius 2 is 2.13 bits per heavy atom. The van der Waals surface area contributed by atoms with Gasteiger partial charge in [-0.2, -0.15) is 0 Å². The molecule has 0 saturated carbocycles. The van der Waals surface area contributed by atoms with Crippen LogP contribution in [0.1, 0.15) is 11.3 Å². The Morgan fingerprint density at radius 1 is 1.20 bits per heavy atom. The molecular weight excluding hydrogens is 270 g/mol. The van der Waals surface area contributed by atoms with E-state index < -0.39 is 0 Å². The molecule has 0 amide bonds. The Morgan fingerprint density at radius 3 is 3.07 bits per heavy atom. The number of nitrogens with zero attached hydrogens (tertiary/aromatic N) is 1. The fourth-order valence-corrected chi connectivity index (χ4v) is 3.31. The van der Waals surface area contributed by atoms with Crippen molar-refractivity contribution < 1.29 is 0 Å². The topological polar surface area (TPSA) is 12.9 Å². The highest BCUT2D eigenvalue weighted by Crippen LogP contribution is 2.39. The molecule has 1 aliphatic heterocycles. The quantitative estimate of drug-likeness (QED) is 0.618. The van der Waals surface area contributed by atoms with E-state index in [1.54, 1.807) is 11.8 Å². The fraction of sp³-hybridized carbons (Fsp3) is 0.0833. The van der Waals surface area contributed by atoms with Gasteiger partial charge in [-0.05, 0) is 29.8 Å². The highest BCUT2D eigenvalue weighted by Gasteiger charge is 2.16. The van der Waals surface area contributed by atoms with Crippen molar-refractivity contribution in [3.63, 3.8) is 0 Å². The van der Waals surface area contributed by atoms with Crippen molar-refractivity contribution >= 4 is 27.7 Å². The molecule has 0 radical (unpaired) electrons. The number of hydrogen-bond donors (Lipinski definition) is 0. The van der Waals surface area contributed by atoms with Gasteiger partial charge in [0.15, 0.2) is 0 Å². The van der Waals surface area contributed by atoms with E-state index in [0.717, 1.165) is 10.9 Å². The van der Waals surface area contributed by atoms with Gasteiger partial charge in [-0.1, -0.05) is 33.8 Å². The van der Waals surface area contributed by atoms with Crippen LogP contribution in [0.4, 0.5) is 0 Å². The summed E-state index contributed by atoms with van der Waals surface area (Å²) in [5, 5.41) is 0. The number of halogens is 1. The summed E-state index contributed by atoms with van der Waals surface area (Å²) in [6.45, 7) is 0. The summed E-state index contributed by atoms with van der Waals surface area (Å²) in [6.07, 6.45) is 2.81. The SMILES string of the molecule is Brc1ccc2c(c1)Sc1cccnc1C2. The number of rotatable bonds is 0. The molecule has 0 saturated heterocycles. The lowest BCUT2D eigenvalue weighted by Gasteiger charge is -2.17. The summed E-state index contributed by atoms with van der Waals surface area (Å²) >= 11 is 5.31. The lowest BCUT2D eigenvalue weighted by Crippen LogP contribution is -2.01. The molecule has 3 heteroatoms. The molecule has 1 aromatic carbocycles. The fourth-order valence-electron chi connectivity index (χ4n) is 1.72. The Bertz CT molecular complexity index is 525. The number of fused-ring (bicyclic) bond motifs is 2. The van der Waals surface area contributed by atoms with Gasteiger partial charge in [-0.15, -0.1) is 0 Å². The first-order valence-corrected chi connectivity index (χ1v) is 6.34. The summed E-state index contributed by atoms with van der Waals surface area (Å²) < 4.78 is 1.14. The van der Waals surface area contributed by atoms with Crippen LogP contribution in [-0.4, -0.2) is 4.98 Å². The van der Waals surface area contributed by atoms with E-state index in [-0.39, 0.29) is 0 Å². The van der Waals surface area contributed by atoms with Crippen molar-refractivity contribution in [2.75, 3.05) is 0 Å². The summed E-state index contributed by atoms with van der Waals surface area (Å²) in [7, 11) is 0. The van der Waals surface area contributed by atoms with E-state index in [1.807, 2.05) is 12.3 Å². The first kappa shape index (κ1) is 9.43. The largest absolute Gasteiger partial charge is 0.260 e. The maximum absolute atomic E-state index is 4.41. The van der Waals surface area contributed by atoms with Gasteiger partial charge in [0.2, 0.25) is 0 Å². The van der Waals surface area contributed by atoms with Crippen molar-refractivity contribution in [3.05, 3.63) is 52.3 Å². The molecule has 2 heterocycles. The van der Waals surface area contributed by atoms with Crippen LogP contribution in [0.2, 0.25) is 0 Å². The lowest BCUT2D eigenvalue weighted by molar-refractivity contribution is 0.969. The average molecular weight is 278 g/mol. The third-order valence-electron chi connectivity index (χ3n) is 2.46. The molecule has 0 atom stereocenters. The molecule has 3 rings (SSSR count). The lowest BCUT2D eigenvalue weighted by atomic mass is 10.1. The molecule has 0 unspecified atom stereocenters. The normalized spacial score (nSPS) is 13.1. The van der Waals surface area contributed by atoms with Crippen LogP contribution in [0.15, 0.2) is 50.8 Å². The predicted octanol–water partition coefficient (Wildman–Crippen LogP) is 3.90. The van der Waals surface area contributed by atoms with E-state index >= 15 is 0 Å². The van der Waals surface area contributed by atoms with Crippen LogP contribution in [0, 0.1) is 0 Å². The van der Waals surface area contributed by atoms with Gasteiger partial charge in [-0.3, -0.25) is 4.98 Å². The maximum Gasteiger partial charge on any atom is 0.0586 e. The van der Waals surface area contributed by atoms with Gasteiger partial charge in [0, 0.05) is 26.9 Å². The van der Waals surface area contributed by atoms with Crippen molar-refractivity contribution in [2.24, 2.45) is 0 Å². The molecule has 1 aromatic heterocycles. The highest BCUT2D eigenvalue weighted by molar-refractivity contribution is 9.10. The van der Waals surface area contributed by atoms with Crippen LogP contribution < -0.4 is 0 Å². The van der Waals surface area contributed by atoms with Gasteiger partial charge in [0.25, 0.3) is 0 Å². The standard InChI is InChI=1S/C12H8BrNS/c13-9-4-3-8-6-10-11(2-1-5-14-10)15-12(8)7-9/h1-5,7H,6H2. The summed E-state index contributed by atoms with van der Waals surface area (Å²) in [4.78, 5) is 7.03. The molecule has 1 aliphatic rings. The van der Waals surface area contributed by atoms with E-state index in [1.165, 1.54) is 21.0 Å². The van der Waals surface area contributed by atoms with Crippen molar-refractivity contribution in [1.82, 2.24) is 4.98 Å². The van der Waals surface area contributed by atoms with Crippen molar-refractivity contribution in [3.8, 4) is 0 Å². The number of benzene rings is 1.